The zero-order chi connectivity index (χ0) is 32.3. The summed E-state index contributed by atoms with van der Waals surface area (Å²) in [6, 6.07) is 14.5. The SMILES string of the molecule is CC.Cc1ccc(N=Nc2c(S(=O)(=O)O)cc3cc(S(O)(O)O)c(N=Nc4ccccc4S(O)(O)O)c(C)c3c2C)cc1. The van der Waals surface area contributed by atoms with Gasteiger partial charge in [-0.2, -0.15) is 13.5 Å². The summed E-state index contributed by atoms with van der Waals surface area (Å²) < 4.78 is 94.4. The highest BCUT2D eigenvalue weighted by atomic mass is 32.3. The maximum atomic E-state index is 12.3. The topological polar surface area (TPSA) is 225 Å². The molecule has 0 atom stereocenters. The van der Waals surface area contributed by atoms with Crippen LogP contribution in [0.15, 0.2) is 95.8 Å². The molecular formula is C27H32N4O9S3. The summed E-state index contributed by atoms with van der Waals surface area (Å²) in [6.45, 7) is 8.89. The molecule has 4 rings (SSSR count). The molecular weight excluding hydrogens is 621 g/mol. The van der Waals surface area contributed by atoms with Gasteiger partial charge in [-0.3, -0.25) is 4.55 Å². The van der Waals surface area contributed by atoms with Gasteiger partial charge in [-0.1, -0.05) is 43.7 Å². The van der Waals surface area contributed by atoms with E-state index >= 15 is 0 Å². The molecule has 232 valence electrons. The zero-order valence-electron chi connectivity index (χ0n) is 23.7. The van der Waals surface area contributed by atoms with Crippen molar-refractivity contribution in [2.45, 2.75) is 49.3 Å². The van der Waals surface area contributed by atoms with Crippen LogP contribution in [0, 0.1) is 20.8 Å². The molecule has 0 unspecified atom stereocenters. The number of nitrogens with zero attached hydrogens (tertiary/aromatic N) is 4. The molecule has 0 heterocycles. The molecule has 0 aliphatic carbocycles. The van der Waals surface area contributed by atoms with Gasteiger partial charge in [0.1, 0.15) is 43.7 Å². The Bertz CT molecular complexity index is 1820. The summed E-state index contributed by atoms with van der Waals surface area (Å²) in [5.74, 6) is 0. The van der Waals surface area contributed by atoms with Gasteiger partial charge in [0, 0.05) is 0 Å². The van der Waals surface area contributed by atoms with Gasteiger partial charge >= 0.3 is 0 Å². The Morgan fingerprint density at radius 1 is 0.581 bits per heavy atom. The van der Waals surface area contributed by atoms with E-state index < -0.39 is 41.7 Å². The van der Waals surface area contributed by atoms with Crippen LogP contribution in [0.2, 0.25) is 0 Å². The highest BCUT2D eigenvalue weighted by Gasteiger charge is 2.28. The van der Waals surface area contributed by atoms with Gasteiger partial charge in [0.15, 0.2) is 0 Å². The fourth-order valence-corrected chi connectivity index (χ4v) is 6.28. The number of fused-ring (bicyclic) bond motifs is 1. The molecule has 0 saturated heterocycles. The minimum Gasteiger partial charge on any atom is -0.304 e. The molecule has 4 aromatic carbocycles. The van der Waals surface area contributed by atoms with Gasteiger partial charge in [0.05, 0.1) is 15.5 Å². The van der Waals surface area contributed by atoms with Crippen LogP contribution in [0.5, 0.6) is 0 Å². The number of aryl methyl sites for hydroxylation is 3. The van der Waals surface area contributed by atoms with E-state index in [0.717, 1.165) is 17.7 Å². The molecule has 7 N–H and O–H groups in total. The lowest BCUT2D eigenvalue weighted by Crippen LogP contribution is -2.03. The number of rotatable bonds is 7. The molecule has 4 aromatic rings. The van der Waals surface area contributed by atoms with E-state index in [2.05, 4.69) is 20.5 Å². The average Bonchev–Trinajstić information content (AvgIpc) is 2.92. The molecule has 43 heavy (non-hydrogen) atoms. The Balaban J connectivity index is 0.00000248. The minimum absolute atomic E-state index is 0.0924. The largest absolute Gasteiger partial charge is 0.304 e. The number of benzene rings is 4. The predicted molar refractivity (Wildman–Crippen MR) is 168 cm³/mol. The number of azo groups is 2. The van der Waals surface area contributed by atoms with E-state index in [-0.39, 0.29) is 38.5 Å². The fraction of sp³-hybridized carbons (Fsp3) is 0.185. The van der Waals surface area contributed by atoms with Crippen molar-refractivity contribution in [3.8, 4) is 0 Å². The summed E-state index contributed by atoms with van der Waals surface area (Å²) >= 11 is 0. The molecule has 0 aromatic heterocycles. The lowest BCUT2D eigenvalue weighted by molar-refractivity contribution is 0.374. The van der Waals surface area contributed by atoms with E-state index in [4.69, 9.17) is 0 Å². The molecule has 0 aliphatic rings. The van der Waals surface area contributed by atoms with Gasteiger partial charge in [0.25, 0.3) is 10.1 Å². The standard InChI is InChI=1S/C25H26N4O9S3.C2H6/c1-14-8-10-18(11-9-14)26-28-24-15(2)23-16(3)25(29-27-19-6-4-5-7-20(19)39(30,31)32)22(41(36,37)38)13-17(23)12-21(24)40(33,34)35;1-2/h4-13,30-32,36-38H,1-3H3,(H,33,34,35);1-2H3. The first-order valence-corrected chi connectivity index (χ1v) is 17.0. The van der Waals surface area contributed by atoms with Crippen LogP contribution in [0.4, 0.5) is 22.7 Å². The monoisotopic (exact) mass is 652 g/mol. The Labute approximate surface area is 252 Å². The normalized spacial score (nSPS) is 13.4. The van der Waals surface area contributed by atoms with E-state index in [1.165, 1.54) is 38.1 Å². The molecule has 0 aliphatic heterocycles. The second kappa shape index (κ2) is 13.1. The van der Waals surface area contributed by atoms with Crippen LogP contribution in [0.3, 0.4) is 0 Å². The van der Waals surface area contributed by atoms with Crippen LogP contribution in [0.1, 0.15) is 30.5 Å². The summed E-state index contributed by atoms with van der Waals surface area (Å²) in [7, 11) is -13.5. The molecule has 13 nitrogen and oxygen atoms in total. The van der Waals surface area contributed by atoms with Gasteiger partial charge in [-0.15, -0.1) is 15.3 Å². The number of hydrogen-bond donors (Lipinski definition) is 7. The second-order valence-electron chi connectivity index (χ2n) is 9.01. The smallest absolute Gasteiger partial charge is 0.296 e. The lowest BCUT2D eigenvalue weighted by Gasteiger charge is -2.24. The Morgan fingerprint density at radius 2 is 1.07 bits per heavy atom. The van der Waals surface area contributed by atoms with Crippen LogP contribution in [-0.2, 0) is 10.1 Å². The lowest BCUT2D eigenvalue weighted by atomic mass is 9.98. The third-order valence-corrected chi connectivity index (χ3v) is 8.78. The van der Waals surface area contributed by atoms with E-state index in [0.29, 0.717) is 11.1 Å². The van der Waals surface area contributed by atoms with E-state index in [1.54, 1.807) is 24.3 Å². The first-order valence-electron chi connectivity index (χ1n) is 12.6. The molecule has 0 spiro atoms. The van der Waals surface area contributed by atoms with Crippen molar-refractivity contribution >= 4 is 65.4 Å². The molecule has 0 amide bonds. The average molecular weight is 653 g/mol. The molecule has 0 fully saturated rings. The maximum Gasteiger partial charge on any atom is 0.296 e. The summed E-state index contributed by atoms with van der Waals surface area (Å²) in [4.78, 5) is -1.46. The summed E-state index contributed by atoms with van der Waals surface area (Å²) in [6.07, 6.45) is 0. The van der Waals surface area contributed by atoms with Crippen molar-refractivity contribution in [1.29, 1.82) is 0 Å². The molecule has 0 radical (unpaired) electrons. The van der Waals surface area contributed by atoms with Crippen molar-refractivity contribution in [2.24, 2.45) is 20.5 Å². The van der Waals surface area contributed by atoms with Crippen molar-refractivity contribution < 1.29 is 40.3 Å². The third-order valence-electron chi connectivity index (χ3n) is 6.08. The van der Waals surface area contributed by atoms with Crippen molar-refractivity contribution in [2.75, 3.05) is 0 Å². The summed E-state index contributed by atoms with van der Waals surface area (Å²) in [5.41, 5.74) is 1.25. The number of hydrogen-bond acceptors (Lipinski definition) is 12. The predicted octanol–water partition coefficient (Wildman–Crippen LogP) is 10.0. The van der Waals surface area contributed by atoms with Crippen molar-refractivity contribution in [3.05, 3.63) is 77.4 Å². The highest BCUT2D eigenvalue weighted by Crippen LogP contribution is 2.54. The van der Waals surface area contributed by atoms with Gasteiger partial charge in [-0.25, -0.2) is 0 Å². The molecule has 0 bridgehead atoms. The van der Waals surface area contributed by atoms with Crippen LogP contribution < -0.4 is 0 Å². The van der Waals surface area contributed by atoms with Crippen LogP contribution >= 0.6 is 21.7 Å². The van der Waals surface area contributed by atoms with Crippen molar-refractivity contribution in [3.63, 3.8) is 0 Å². The molecule has 16 heteroatoms. The maximum absolute atomic E-state index is 12.3. The van der Waals surface area contributed by atoms with E-state index in [9.17, 15) is 40.3 Å². The van der Waals surface area contributed by atoms with Gasteiger partial charge in [0.2, 0.25) is 0 Å². The van der Waals surface area contributed by atoms with Crippen LogP contribution in [0.25, 0.3) is 10.8 Å². The van der Waals surface area contributed by atoms with E-state index in [1.807, 2.05) is 20.8 Å². The third kappa shape index (κ3) is 7.81. The molecule has 0 saturated carbocycles. The van der Waals surface area contributed by atoms with Crippen LogP contribution in [-0.4, -0.2) is 40.3 Å². The zero-order valence-corrected chi connectivity index (χ0v) is 26.2. The Kier molecular flexibility index (Phi) is 10.5. The minimum atomic E-state index is -4.84. The Hall–Kier alpha value is -3.29. The highest BCUT2D eigenvalue weighted by molar-refractivity contribution is 8.19. The van der Waals surface area contributed by atoms with Gasteiger partial charge < -0.3 is 27.3 Å². The first-order chi connectivity index (χ1) is 20.0. The van der Waals surface area contributed by atoms with Gasteiger partial charge in [-0.05, 0) is 79.1 Å². The van der Waals surface area contributed by atoms with Crippen molar-refractivity contribution in [1.82, 2.24) is 0 Å². The Morgan fingerprint density at radius 3 is 1.60 bits per heavy atom. The quantitative estimate of drug-likeness (QED) is 0.0743. The summed E-state index contributed by atoms with van der Waals surface area (Å²) in [5, 5.41) is 16.6. The second-order valence-corrected chi connectivity index (χ2v) is 13.4. The first kappa shape index (κ1) is 34.2. The fourth-order valence-electron chi connectivity index (χ4n) is 4.17.